The molecule has 47 heavy (non-hydrogen) atoms. The molecule has 1 aliphatic rings. The van der Waals surface area contributed by atoms with Gasteiger partial charge in [0, 0.05) is 31.7 Å². The van der Waals surface area contributed by atoms with Crippen LogP contribution in [-0.2, 0) is 44.0 Å². The number of carbonyl (C=O) groups excluding carboxylic acids is 3. The van der Waals surface area contributed by atoms with Gasteiger partial charge in [-0.2, -0.15) is 4.72 Å². The number of ether oxygens (including phenoxy) is 1. The Bertz CT molecular complexity index is 1720. The van der Waals surface area contributed by atoms with E-state index < -0.39 is 46.2 Å². The van der Waals surface area contributed by atoms with E-state index in [1.807, 2.05) is 24.3 Å². The van der Waals surface area contributed by atoms with Crippen molar-refractivity contribution in [2.45, 2.75) is 55.9 Å². The number of methoxy groups -OCH3 is 1. The molecule has 0 aliphatic carbocycles. The number of hydrogen-bond acceptors (Lipinski definition) is 8. The third kappa shape index (κ3) is 9.29. The number of benzene rings is 3. The van der Waals surface area contributed by atoms with Crippen molar-refractivity contribution in [2.24, 2.45) is 11.5 Å². The second kappa shape index (κ2) is 15.9. The number of rotatable bonds is 14. The zero-order valence-corrected chi connectivity index (χ0v) is 27.4. The van der Waals surface area contributed by atoms with Crippen molar-refractivity contribution in [2.75, 3.05) is 13.7 Å². The van der Waals surface area contributed by atoms with Crippen LogP contribution in [0.15, 0.2) is 71.6 Å². The molecule has 3 amide bonds. The molecular formula is C32H38ClN7O6S. The van der Waals surface area contributed by atoms with Gasteiger partial charge in [-0.3, -0.25) is 19.8 Å². The fourth-order valence-electron chi connectivity index (χ4n) is 5.11. The van der Waals surface area contributed by atoms with Gasteiger partial charge in [-0.15, -0.1) is 0 Å². The minimum absolute atomic E-state index is 0.0452. The summed E-state index contributed by atoms with van der Waals surface area (Å²) in [4.78, 5) is 41.4. The Labute approximate surface area is 278 Å². The van der Waals surface area contributed by atoms with Gasteiger partial charge in [0.15, 0.2) is 0 Å². The molecule has 3 aromatic carbocycles. The molecule has 0 bridgehead atoms. The molecule has 13 nitrogen and oxygen atoms in total. The average Bonchev–Trinajstić information content (AvgIpc) is 3.56. The van der Waals surface area contributed by atoms with E-state index in [0.717, 1.165) is 16.7 Å². The highest BCUT2D eigenvalue weighted by Crippen LogP contribution is 2.27. The summed E-state index contributed by atoms with van der Waals surface area (Å²) < 4.78 is 34.4. The van der Waals surface area contributed by atoms with Gasteiger partial charge in [0.1, 0.15) is 23.7 Å². The van der Waals surface area contributed by atoms with Crippen molar-refractivity contribution in [3.8, 4) is 5.75 Å². The number of nitrogens with one attached hydrogen (secondary N) is 4. The largest absolute Gasteiger partial charge is 0.495 e. The molecule has 1 fully saturated rings. The van der Waals surface area contributed by atoms with E-state index in [1.54, 1.807) is 24.3 Å². The van der Waals surface area contributed by atoms with Crippen LogP contribution < -0.4 is 31.6 Å². The maximum atomic E-state index is 13.9. The van der Waals surface area contributed by atoms with Crippen LogP contribution in [0, 0.1) is 5.41 Å². The number of hydrogen-bond donors (Lipinski definition) is 6. The zero-order chi connectivity index (χ0) is 34.1. The van der Waals surface area contributed by atoms with Crippen molar-refractivity contribution in [3.05, 3.63) is 94.0 Å². The fraction of sp³-hybridized carbons (Fsp3) is 0.312. The molecule has 0 spiro atoms. The van der Waals surface area contributed by atoms with E-state index in [9.17, 15) is 22.8 Å². The molecular weight excluding hydrogens is 646 g/mol. The standard InChI is InChI=1S/C32H38ClN7O6S/c1-46-28-13-12-24(15-25(28)33)47(44,45)39-26(16-29(41)37-18-21-6-4-20(17-34)5-7-21)32(43)40-14-2-3-27(40)31(42)38-19-22-8-10-23(11-9-22)30(35)36/h4-13,15,26-27,39H,2-3,14,16-19,34H2,1H3,(H3,35,36)(H,37,41)(H,38,42)/t26-,27-/m0/s1. The van der Waals surface area contributed by atoms with E-state index in [1.165, 1.54) is 30.2 Å². The molecule has 1 saturated heterocycles. The number of amides is 3. The van der Waals surface area contributed by atoms with Gasteiger partial charge in [0.05, 0.1) is 23.4 Å². The Morgan fingerprint density at radius 3 is 2.21 bits per heavy atom. The summed E-state index contributed by atoms with van der Waals surface area (Å²) in [5.74, 6) is -1.51. The van der Waals surface area contributed by atoms with E-state index >= 15 is 0 Å². The first kappa shape index (κ1) is 35.4. The van der Waals surface area contributed by atoms with Crippen molar-refractivity contribution >= 4 is 45.2 Å². The second-order valence-electron chi connectivity index (χ2n) is 11.0. The van der Waals surface area contributed by atoms with Crippen LogP contribution in [0.25, 0.3) is 0 Å². The topological polar surface area (TPSA) is 210 Å². The molecule has 1 heterocycles. The molecule has 15 heteroatoms. The van der Waals surface area contributed by atoms with Crippen LogP contribution in [0.1, 0.15) is 41.5 Å². The highest BCUT2D eigenvalue weighted by Gasteiger charge is 2.39. The average molecular weight is 684 g/mol. The smallest absolute Gasteiger partial charge is 0.243 e. The predicted molar refractivity (Wildman–Crippen MR) is 177 cm³/mol. The fourth-order valence-corrected chi connectivity index (χ4v) is 6.65. The molecule has 4 rings (SSSR count). The van der Waals surface area contributed by atoms with E-state index in [4.69, 9.17) is 33.2 Å². The van der Waals surface area contributed by atoms with E-state index in [0.29, 0.717) is 24.9 Å². The van der Waals surface area contributed by atoms with Crippen LogP contribution in [0.5, 0.6) is 5.75 Å². The Morgan fingerprint density at radius 1 is 1.00 bits per heavy atom. The number of likely N-dealkylation sites (tertiary alicyclic amines) is 1. The Hall–Kier alpha value is -4.50. The summed E-state index contributed by atoms with van der Waals surface area (Å²) in [6, 6.07) is 15.5. The number of sulfonamides is 1. The lowest BCUT2D eigenvalue weighted by Gasteiger charge is -2.28. The Kier molecular flexibility index (Phi) is 11.9. The normalized spacial score (nSPS) is 15.1. The van der Waals surface area contributed by atoms with Crippen molar-refractivity contribution in [3.63, 3.8) is 0 Å². The monoisotopic (exact) mass is 683 g/mol. The molecule has 0 saturated carbocycles. The van der Waals surface area contributed by atoms with Gasteiger partial charge in [-0.05, 0) is 47.7 Å². The quantitative estimate of drug-likeness (QED) is 0.109. The van der Waals surface area contributed by atoms with Crippen molar-refractivity contribution in [1.29, 1.82) is 5.41 Å². The van der Waals surface area contributed by atoms with Gasteiger partial charge in [0.25, 0.3) is 0 Å². The first-order chi connectivity index (χ1) is 22.4. The first-order valence-electron chi connectivity index (χ1n) is 14.8. The summed E-state index contributed by atoms with van der Waals surface area (Å²) in [5.41, 5.74) is 14.2. The number of halogens is 1. The van der Waals surface area contributed by atoms with Crippen LogP contribution in [0.2, 0.25) is 5.02 Å². The molecule has 250 valence electrons. The van der Waals surface area contributed by atoms with Gasteiger partial charge >= 0.3 is 0 Å². The number of carbonyl (C=O) groups is 3. The molecule has 0 aromatic heterocycles. The summed E-state index contributed by atoms with van der Waals surface area (Å²) in [6.07, 6.45) is 0.352. The lowest BCUT2D eigenvalue weighted by molar-refractivity contribution is -0.140. The lowest BCUT2D eigenvalue weighted by atomic mass is 10.1. The van der Waals surface area contributed by atoms with Crippen LogP contribution in [-0.4, -0.2) is 62.6 Å². The summed E-state index contributed by atoms with van der Waals surface area (Å²) in [7, 11) is -2.96. The van der Waals surface area contributed by atoms with Gasteiger partial charge in [-0.25, -0.2) is 8.42 Å². The number of nitrogens with zero attached hydrogens (tertiary/aromatic N) is 1. The third-order valence-electron chi connectivity index (χ3n) is 7.74. The molecule has 3 aromatic rings. The Balaban J connectivity index is 1.50. The zero-order valence-electron chi connectivity index (χ0n) is 25.8. The summed E-state index contributed by atoms with van der Waals surface area (Å²) >= 11 is 6.17. The minimum atomic E-state index is -4.35. The molecule has 1 aliphatic heterocycles. The molecule has 2 atom stereocenters. The van der Waals surface area contributed by atoms with Gasteiger partial charge < -0.3 is 31.7 Å². The molecule has 8 N–H and O–H groups in total. The number of amidine groups is 1. The SMILES string of the molecule is COc1ccc(S(=O)(=O)N[C@@H](CC(=O)NCc2ccc(CN)cc2)C(=O)N2CCC[C@H]2C(=O)NCc2ccc(C(=N)N)cc2)cc1Cl. The van der Waals surface area contributed by atoms with Gasteiger partial charge in [-0.1, -0.05) is 60.1 Å². The van der Waals surface area contributed by atoms with Crippen molar-refractivity contribution in [1.82, 2.24) is 20.3 Å². The van der Waals surface area contributed by atoms with Crippen LogP contribution in [0.4, 0.5) is 0 Å². The summed E-state index contributed by atoms with van der Waals surface area (Å²) in [6.45, 7) is 0.887. The van der Waals surface area contributed by atoms with Crippen LogP contribution >= 0.6 is 11.6 Å². The Morgan fingerprint density at radius 2 is 1.62 bits per heavy atom. The maximum absolute atomic E-state index is 13.9. The third-order valence-corrected chi connectivity index (χ3v) is 9.50. The van der Waals surface area contributed by atoms with Crippen LogP contribution in [0.3, 0.4) is 0 Å². The predicted octanol–water partition coefficient (Wildman–Crippen LogP) is 1.75. The minimum Gasteiger partial charge on any atom is -0.495 e. The number of nitrogens with two attached hydrogens (primary N) is 2. The van der Waals surface area contributed by atoms with E-state index in [-0.39, 0.29) is 41.1 Å². The van der Waals surface area contributed by atoms with E-state index in [2.05, 4.69) is 15.4 Å². The summed E-state index contributed by atoms with van der Waals surface area (Å²) in [5, 5.41) is 13.1. The second-order valence-corrected chi connectivity index (χ2v) is 13.1. The molecule has 0 radical (unpaired) electrons. The number of nitrogen functional groups attached to an aromatic ring is 1. The lowest BCUT2D eigenvalue weighted by Crippen LogP contribution is -2.54. The maximum Gasteiger partial charge on any atom is 0.243 e. The highest BCUT2D eigenvalue weighted by molar-refractivity contribution is 7.89. The first-order valence-corrected chi connectivity index (χ1v) is 16.7. The van der Waals surface area contributed by atoms with Gasteiger partial charge in [0.2, 0.25) is 27.7 Å². The highest BCUT2D eigenvalue weighted by atomic mass is 35.5. The van der Waals surface area contributed by atoms with Crippen molar-refractivity contribution < 1.29 is 27.5 Å². The molecule has 0 unspecified atom stereocenters.